The zero-order valence-electron chi connectivity index (χ0n) is 11.6. The van der Waals surface area contributed by atoms with E-state index in [-0.39, 0.29) is 0 Å². The molecule has 0 aliphatic heterocycles. The van der Waals surface area contributed by atoms with E-state index in [1.54, 1.807) is 0 Å². The molecule has 0 radical (unpaired) electrons. The predicted molar refractivity (Wildman–Crippen MR) is 71.5 cm³/mol. The maximum atomic E-state index is 3.11. The van der Waals surface area contributed by atoms with Crippen LogP contribution in [0.1, 0.15) is 53.9 Å². The molecule has 0 rings (SSSR count). The molecule has 2 nitrogen and oxygen atoms in total. The lowest BCUT2D eigenvalue weighted by molar-refractivity contribution is 0.275. The zero-order valence-corrected chi connectivity index (χ0v) is 11.6. The van der Waals surface area contributed by atoms with E-state index < -0.39 is 0 Å². The Morgan fingerprint density at radius 3 is 1.13 bits per heavy atom. The first-order valence-corrected chi connectivity index (χ1v) is 6.69. The molecule has 2 heteroatoms. The zero-order chi connectivity index (χ0) is 11.9. The van der Waals surface area contributed by atoms with Gasteiger partial charge < -0.3 is 10.2 Å². The van der Waals surface area contributed by atoms with Crippen LogP contribution in [0, 0.1) is 0 Å². The third kappa shape index (κ3) is 16.6. The van der Waals surface area contributed by atoms with Gasteiger partial charge in [0.2, 0.25) is 0 Å². The summed E-state index contributed by atoms with van der Waals surface area (Å²) in [7, 11) is 0. The first kappa shape index (κ1) is 17.3. The van der Waals surface area contributed by atoms with Crippen LogP contribution in [0.4, 0.5) is 0 Å². The molecule has 0 unspecified atom stereocenters. The Kier molecular flexibility index (Phi) is 18.9. The van der Waals surface area contributed by atoms with Crippen molar-refractivity contribution in [3.05, 3.63) is 0 Å². The Bertz CT molecular complexity index is 78.3. The number of nitrogens with zero attached hydrogens (tertiary/aromatic N) is 1. The second-order valence-corrected chi connectivity index (χ2v) is 3.80. The van der Waals surface area contributed by atoms with Crippen molar-refractivity contribution in [2.24, 2.45) is 0 Å². The maximum absolute atomic E-state index is 3.11. The second-order valence-electron chi connectivity index (χ2n) is 3.80. The van der Waals surface area contributed by atoms with E-state index in [1.807, 2.05) is 0 Å². The molecule has 0 amide bonds. The van der Waals surface area contributed by atoms with E-state index >= 15 is 0 Å². The first-order chi connectivity index (χ1) is 7.26. The SMILES string of the molecule is CCCN(CCC)CCC.CCNCC. The fraction of sp³-hybridized carbons (Fsp3) is 1.00. The van der Waals surface area contributed by atoms with Crippen molar-refractivity contribution in [3.8, 4) is 0 Å². The Morgan fingerprint density at radius 2 is 1.00 bits per heavy atom. The fourth-order valence-corrected chi connectivity index (χ4v) is 1.53. The van der Waals surface area contributed by atoms with Crippen LogP contribution >= 0.6 is 0 Å². The van der Waals surface area contributed by atoms with Crippen LogP contribution in [0.5, 0.6) is 0 Å². The van der Waals surface area contributed by atoms with Crippen molar-refractivity contribution in [2.75, 3.05) is 32.7 Å². The lowest BCUT2D eigenvalue weighted by Crippen LogP contribution is -2.25. The molecular weight excluding hydrogens is 184 g/mol. The summed E-state index contributed by atoms with van der Waals surface area (Å²) in [6.45, 7) is 17.0. The van der Waals surface area contributed by atoms with Crippen LogP contribution in [0.3, 0.4) is 0 Å². The summed E-state index contributed by atoms with van der Waals surface area (Å²) in [6, 6.07) is 0. The monoisotopic (exact) mass is 216 g/mol. The number of rotatable bonds is 8. The molecule has 0 bridgehead atoms. The van der Waals surface area contributed by atoms with Gasteiger partial charge in [0.25, 0.3) is 0 Å². The van der Waals surface area contributed by atoms with E-state index in [0.29, 0.717) is 0 Å². The normalized spacial score (nSPS) is 10.0. The molecule has 0 aromatic rings. The van der Waals surface area contributed by atoms with Gasteiger partial charge in [-0.1, -0.05) is 34.6 Å². The molecule has 0 saturated heterocycles. The first-order valence-electron chi connectivity index (χ1n) is 6.69. The number of nitrogens with one attached hydrogen (secondary N) is 1. The topological polar surface area (TPSA) is 15.3 Å². The van der Waals surface area contributed by atoms with Crippen LogP contribution in [-0.4, -0.2) is 37.6 Å². The van der Waals surface area contributed by atoms with Crippen LogP contribution in [-0.2, 0) is 0 Å². The minimum atomic E-state index is 1.09. The third-order valence-electron chi connectivity index (χ3n) is 2.12. The second kappa shape index (κ2) is 16.4. The molecule has 0 heterocycles. The van der Waals surface area contributed by atoms with Crippen LogP contribution in [0.25, 0.3) is 0 Å². The van der Waals surface area contributed by atoms with E-state index in [4.69, 9.17) is 0 Å². The Hall–Kier alpha value is -0.0800. The van der Waals surface area contributed by atoms with Gasteiger partial charge in [0.1, 0.15) is 0 Å². The van der Waals surface area contributed by atoms with Crippen molar-refractivity contribution in [2.45, 2.75) is 53.9 Å². The van der Waals surface area contributed by atoms with Crippen molar-refractivity contribution >= 4 is 0 Å². The van der Waals surface area contributed by atoms with Gasteiger partial charge in [0, 0.05) is 0 Å². The molecule has 0 aliphatic carbocycles. The Balaban J connectivity index is 0. The van der Waals surface area contributed by atoms with Gasteiger partial charge in [-0.25, -0.2) is 0 Å². The predicted octanol–water partition coefficient (Wildman–Crippen LogP) is 3.13. The smallest absolute Gasteiger partial charge is 0.00214 e. The molecule has 0 aliphatic rings. The lowest BCUT2D eigenvalue weighted by Gasteiger charge is -2.19. The Morgan fingerprint density at radius 1 is 0.667 bits per heavy atom. The summed E-state index contributed by atoms with van der Waals surface area (Å²) in [5, 5.41) is 3.11. The summed E-state index contributed by atoms with van der Waals surface area (Å²) in [5.41, 5.74) is 0. The van der Waals surface area contributed by atoms with Gasteiger partial charge in [0.05, 0.1) is 0 Å². The summed E-state index contributed by atoms with van der Waals surface area (Å²) < 4.78 is 0. The molecule has 0 aromatic carbocycles. The van der Waals surface area contributed by atoms with Crippen molar-refractivity contribution in [1.29, 1.82) is 0 Å². The van der Waals surface area contributed by atoms with Crippen molar-refractivity contribution in [1.82, 2.24) is 10.2 Å². The van der Waals surface area contributed by atoms with E-state index in [1.165, 1.54) is 38.9 Å². The molecule has 15 heavy (non-hydrogen) atoms. The minimum Gasteiger partial charge on any atom is -0.317 e. The number of hydrogen-bond donors (Lipinski definition) is 1. The molecule has 1 N–H and O–H groups in total. The highest BCUT2D eigenvalue weighted by molar-refractivity contribution is 4.53. The van der Waals surface area contributed by atoms with E-state index in [0.717, 1.165) is 13.1 Å². The third-order valence-corrected chi connectivity index (χ3v) is 2.12. The molecular formula is C13H32N2. The largest absolute Gasteiger partial charge is 0.317 e. The molecule has 0 aromatic heterocycles. The van der Waals surface area contributed by atoms with Crippen molar-refractivity contribution < 1.29 is 0 Å². The van der Waals surface area contributed by atoms with Gasteiger partial charge in [-0.05, 0) is 52.0 Å². The molecule has 0 atom stereocenters. The average molecular weight is 216 g/mol. The van der Waals surface area contributed by atoms with Gasteiger partial charge in [-0.3, -0.25) is 0 Å². The highest BCUT2D eigenvalue weighted by atomic mass is 15.1. The van der Waals surface area contributed by atoms with Crippen LogP contribution in [0.15, 0.2) is 0 Å². The lowest BCUT2D eigenvalue weighted by atomic mass is 10.3. The van der Waals surface area contributed by atoms with E-state index in [2.05, 4.69) is 44.8 Å². The van der Waals surface area contributed by atoms with E-state index in [9.17, 15) is 0 Å². The maximum Gasteiger partial charge on any atom is -0.00214 e. The molecule has 0 spiro atoms. The highest BCUT2D eigenvalue weighted by Gasteiger charge is 1.98. The fourth-order valence-electron chi connectivity index (χ4n) is 1.53. The standard InChI is InChI=1S/C9H21N.C4H11N/c1-4-7-10(8-5-2)9-6-3;1-3-5-4-2/h4-9H2,1-3H3;5H,3-4H2,1-2H3. The molecule has 0 fully saturated rings. The summed E-state index contributed by atoms with van der Waals surface area (Å²) in [5.74, 6) is 0. The molecule has 0 saturated carbocycles. The van der Waals surface area contributed by atoms with Gasteiger partial charge in [-0.2, -0.15) is 0 Å². The van der Waals surface area contributed by atoms with Gasteiger partial charge in [-0.15, -0.1) is 0 Å². The summed E-state index contributed by atoms with van der Waals surface area (Å²) in [6.07, 6.45) is 3.88. The number of hydrogen-bond acceptors (Lipinski definition) is 2. The summed E-state index contributed by atoms with van der Waals surface area (Å²) in [4.78, 5) is 2.54. The quantitative estimate of drug-likeness (QED) is 0.670. The Labute approximate surface area is 97.4 Å². The van der Waals surface area contributed by atoms with Crippen molar-refractivity contribution in [3.63, 3.8) is 0 Å². The van der Waals surface area contributed by atoms with Gasteiger partial charge >= 0.3 is 0 Å². The average Bonchev–Trinajstić information content (AvgIpc) is 2.21. The van der Waals surface area contributed by atoms with Crippen LogP contribution < -0.4 is 5.32 Å². The molecule has 94 valence electrons. The van der Waals surface area contributed by atoms with Gasteiger partial charge in [0.15, 0.2) is 0 Å². The highest BCUT2D eigenvalue weighted by Crippen LogP contribution is 1.94. The summed E-state index contributed by atoms with van der Waals surface area (Å²) >= 11 is 0. The minimum absolute atomic E-state index is 1.09. The van der Waals surface area contributed by atoms with Crippen LogP contribution in [0.2, 0.25) is 0 Å².